The van der Waals surface area contributed by atoms with Crippen molar-refractivity contribution in [3.63, 3.8) is 0 Å². The van der Waals surface area contributed by atoms with Crippen LogP contribution >= 0.6 is 0 Å². The molecule has 3 N–H and O–H groups in total. The minimum atomic E-state index is -0.400. The third-order valence-corrected chi connectivity index (χ3v) is 2.32. The summed E-state index contributed by atoms with van der Waals surface area (Å²) in [6.07, 6.45) is 0. The van der Waals surface area contributed by atoms with Gasteiger partial charge in [-0.2, -0.15) is 0 Å². The predicted molar refractivity (Wildman–Crippen MR) is 73.0 cm³/mol. The van der Waals surface area contributed by atoms with Gasteiger partial charge in [-0.25, -0.2) is 0 Å². The zero-order chi connectivity index (χ0) is 14.4. The smallest absolute Gasteiger partial charge is 0.266 e. The first kappa shape index (κ1) is 13.6. The molecule has 1 heterocycles. The van der Waals surface area contributed by atoms with E-state index < -0.39 is 5.91 Å². The number of aryl methyl sites for hydroxylation is 1. The van der Waals surface area contributed by atoms with Crippen molar-refractivity contribution in [3.8, 4) is 0 Å². The van der Waals surface area contributed by atoms with Gasteiger partial charge in [-0.15, -0.1) is 0 Å². The fourth-order valence-corrected chi connectivity index (χ4v) is 1.43. The number of nitrogens with zero attached hydrogens (tertiary/aromatic N) is 2. The van der Waals surface area contributed by atoms with Gasteiger partial charge in [-0.3, -0.25) is 4.79 Å². The maximum Gasteiger partial charge on any atom is 0.266 e. The van der Waals surface area contributed by atoms with Crippen LogP contribution in [0.5, 0.6) is 0 Å². The zero-order valence-electron chi connectivity index (χ0n) is 10.9. The highest BCUT2D eigenvalue weighted by atomic mass is 16.6. The van der Waals surface area contributed by atoms with Gasteiger partial charge in [0.05, 0.1) is 0 Å². The van der Waals surface area contributed by atoms with Gasteiger partial charge in [0, 0.05) is 11.6 Å². The number of nitrogens with two attached hydrogens (primary N) is 1. The van der Waals surface area contributed by atoms with Gasteiger partial charge in [0.15, 0.2) is 18.3 Å². The fourth-order valence-electron chi connectivity index (χ4n) is 1.43. The van der Waals surface area contributed by atoms with E-state index in [1.165, 1.54) is 0 Å². The lowest BCUT2D eigenvalue weighted by molar-refractivity contribution is -0.120. The normalized spacial score (nSPS) is 11.2. The van der Waals surface area contributed by atoms with Crippen molar-refractivity contribution in [1.29, 1.82) is 0 Å². The Morgan fingerprint density at radius 2 is 2.20 bits per heavy atom. The standard InChI is InChI=1S/C13H14N4O3/c1-9-7-11(16-20-9)15-12(18)8-19-17-13(14)10-5-3-2-4-6-10/h2-7H,8H2,1H3,(H2,14,17)(H,15,16,18). The van der Waals surface area contributed by atoms with Gasteiger partial charge < -0.3 is 20.4 Å². The molecule has 0 unspecified atom stereocenters. The summed E-state index contributed by atoms with van der Waals surface area (Å²) in [4.78, 5) is 16.4. The van der Waals surface area contributed by atoms with E-state index in [4.69, 9.17) is 15.1 Å². The number of hydrogen-bond donors (Lipinski definition) is 2. The second-order valence-corrected chi connectivity index (χ2v) is 3.99. The first-order chi connectivity index (χ1) is 9.65. The van der Waals surface area contributed by atoms with Crippen molar-refractivity contribution in [2.75, 3.05) is 11.9 Å². The summed E-state index contributed by atoms with van der Waals surface area (Å²) in [5.41, 5.74) is 6.43. The number of benzene rings is 1. The molecular weight excluding hydrogens is 260 g/mol. The third-order valence-electron chi connectivity index (χ3n) is 2.32. The number of amides is 1. The van der Waals surface area contributed by atoms with Crippen LogP contribution in [0.15, 0.2) is 46.1 Å². The second kappa shape index (κ2) is 6.37. The van der Waals surface area contributed by atoms with Gasteiger partial charge >= 0.3 is 0 Å². The minimum absolute atomic E-state index is 0.204. The third kappa shape index (κ3) is 3.84. The number of oxime groups is 1. The van der Waals surface area contributed by atoms with E-state index in [0.717, 1.165) is 5.56 Å². The Labute approximate surface area is 115 Å². The van der Waals surface area contributed by atoms with E-state index in [-0.39, 0.29) is 12.4 Å². The molecule has 0 fully saturated rings. The molecule has 0 atom stereocenters. The summed E-state index contributed by atoms with van der Waals surface area (Å²) in [6.45, 7) is 1.46. The summed E-state index contributed by atoms with van der Waals surface area (Å²) in [5.74, 6) is 0.738. The molecule has 1 aromatic carbocycles. The predicted octanol–water partition coefficient (Wildman–Crippen LogP) is 1.26. The lowest BCUT2D eigenvalue weighted by Gasteiger charge is -2.02. The van der Waals surface area contributed by atoms with Crippen LogP contribution in [0.3, 0.4) is 0 Å². The molecule has 0 saturated heterocycles. The van der Waals surface area contributed by atoms with Gasteiger partial charge in [-0.05, 0) is 6.92 Å². The lowest BCUT2D eigenvalue weighted by Crippen LogP contribution is -2.19. The van der Waals surface area contributed by atoms with Crippen LogP contribution in [-0.2, 0) is 9.63 Å². The summed E-state index contributed by atoms with van der Waals surface area (Å²) >= 11 is 0. The topological polar surface area (TPSA) is 103 Å². The number of carbonyl (C=O) groups is 1. The Morgan fingerprint density at radius 1 is 1.45 bits per heavy atom. The first-order valence-electron chi connectivity index (χ1n) is 5.89. The molecule has 0 saturated carbocycles. The molecule has 1 amide bonds. The molecular formula is C13H14N4O3. The Hall–Kier alpha value is -2.83. The number of aromatic nitrogens is 1. The van der Waals surface area contributed by atoms with Crippen molar-refractivity contribution >= 4 is 17.6 Å². The highest BCUT2D eigenvalue weighted by molar-refractivity contribution is 5.97. The molecule has 2 aromatic rings. The second-order valence-electron chi connectivity index (χ2n) is 3.99. The average molecular weight is 274 g/mol. The van der Waals surface area contributed by atoms with Crippen LogP contribution < -0.4 is 11.1 Å². The van der Waals surface area contributed by atoms with Crippen LogP contribution in [0, 0.1) is 6.92 Å². The number of nitrogens with one attached hydrogen (secondary N) is 1. The molecule has 0 spiro atoms. The zero-order valence-corrected chi connectivity index (χ0v) is 10.9. The highest BCUT2D eigenvalue weighted by Crippen LogP contribution is 2.06. The molecule has 0 aliphatic heterocycles. The molecule has 1 aromatic heterocycles. The molecule has 7 nitrogen and oxygen atoms in total. The van der Waals surface area contributed by atoms with Crippen LogP contribution in [-0.4, -0.2) is 23.5 Å². The summed E-state index contributed by atoms with van der Waals surface area (Å²) < 4.78 is 4.81. The minimum Gasteiger partial charge on any atom is -0.384 e. The SMILES string of the molecule is Cc1cc(NC(=O)CO/N=C(/N)c2ccccc2)no1. The largest absolute Gasteiger partial charge is 0.384 e. The van der Waals surface area contributed by atoms with Crippen molar-refractivity contribution in [1.82, 2.24) is 5.16 Å². The monoisotopic (exact) mass is 274 g/mol. The van der Waals surface area contributed by atoms with E-state index in [1.54, 1.807) is 25.1 Å². The number of amidine groups is 1. The highest BCUT2D eigenvalue weighted by Gasteiger charge is 2.06. The molecule has 0 aliphatic carbocycles. The van der Waals surface area contributed by atoms with E-state index >= 15 is 0 Å². The van der Waals surface area contributed by atoms with Gasteiger partial charge in [-0.1, -0.05) is 40.6 Å². The fraction of sp³-hybridized carbons (Fsp3) is 0.154. The van der Waals surface area contributed by atoms with Crippen molar-refractivity contribution < 1.29 is 14.2 Å². The number of rotatable bonds is 5. The Kier molecular flexibility index (Phi) is 4.33. The Morgan fingerprint density at radius 3 is 2.85 bits per heavy atom. The molecule has 7 heteroatoms. The summed E-state index contributed by atoms with van der Waals surface area (Å²) in [7, 11) is 0. The maximum absolute atomic E-state index is 11.5. The summed E-state index contributed by atoms with van der Waals surface area (Å²) in [5, 5.41) is 9.79. The average Bonchev–Trinajstić information content (AvgIpc) is 2.85. The molecule has 2 rings (SSSR count). The number of carbonyl (C=O) groups excluding carboxylic acids is 1. The van der Waals surface area contributed by atoms with Gasteiger partial charge in [0.1, 0.15) is 5.76 Å². The van der Waals surface area contributed by atoms with Gasteiger partial charge in [0.2, 0.25) is 0 Å². The van der Waals surface area contributed by atoms with E-state index in [9.17, 15) is 4.79 Å². The number of hydrogen-bond acceptors (Lipinski definition) is 5. The van der Waals surface area contributed by atoms with Crippen LogP contribution in [0.4, 0.5) is 5.82 Å². The maximum atomic E-state index is 11.5. The van der Waals surface area contributed by atoms with E-state index in [2.05, 4.69) is 15.6 Å². The lowest BCUT2D eigenvalue weighted by atomic mass is 10.2. The quantitative estimate of drug-likeness (QED) is 0.485. The number of anilines is 1. The van der Waals surface area contributed by atoms with Gasteiger partial charge in [0.25, 0.3) is 5.91 Å². The van der Waals surface area contributed by atoms with Crippen molar-refractivity contribution in [2.45, 2.75) is 6.92 Å². The Bertz CT molecular complexity index is 607. The molecule has 0 radical (unpaired) electrons. The molecule has 0 bridgehead atoms. The van der Waals surface area contributed by atoms with Crippen molar-refractivity contribution in [2.24, 2.45) is 10.9 Å². The van der Waals surface area contributed by atoms with Crippen LogP contribution in [0.1, 0.15) is 11.3 Å². The van der Waals surface area contributed by atoms with E-state index in [1.807, 2.05) is 18.2 Å². The molecule has 0 aliphatic rings. The Balaban J connectivity index is 1.82. The van der Waals surface area contributed by atoms with E-state index in [0.29, 0.717) is 11.6 Å². The van der Waals surface area contributed by atoms with Crippen LogP contribution in [0.25, 0.3) is 0 Å². The summed E-state index contributed by atoms with van der Waals surface area (Å²) in [6, 6.07) is 10.7. The molecule has 20 heavy (non-hydrogen) atoms. The van der Waals surface area contributed by atoms with Crippen molar-refractivity contribution in [3.05, 3.63) is 47.7 Å². The molecule has 104 valence electrons. The van der Waals surface area contributed by atoms with Crippen LogP contribution in [0.2, 0.25) is 0 Å². The first-order valence-corrected chi connectivity index (χ1v) is 5.89.